The number of morpholine rings is 1. The van der Waals surface area contributed by atoms with Gasteiger partial charge in [0.25, 0.3) is 0 Å². The van der Waals surface area contributed by atoms with Crippen molar-refractivity contribution in [2.45, 2.75) is 24.8 Å². The summed E-state index contributed by atoms with van der Waals surface area (Å²) in [6.45, 7) is 3.57. The third kappa shape index (κ3) is 3.74. The van der Waals surface area contributed by atoms with Gasteiger partial charge in [0.1, 0.15) is 5.75 Å². The predicted molar refractivity (Wildman–Crippen MR) is 79.5 cm³/mol. The molecule has 2 atom stereocenters. The summed E-state index contributed by atoms with van der Waals surface area (Å²) in [5.74, 6) is 1.38. The highest BCUT2D eigenvalue weighted by atomic mass is 16.5. The van der Waals surface area contributed by atoms with Crippen LogP contribution in [0, 0.1) is 0 Å². The molecule has 3 rings (SSSR count). The Morgan fingerprint density at radius 3 is 3.10 bits per heavy atom. The summed E-state index contributed by atoms with van der Waals surface area (Å²) < 4.78 is 11.0. The van der Waals surface area contributed by atoms with E-state index < -0.39 is 0 Å². The molecular weight excluding hydrogens is 268 g/mol. The Kier molecular flexibility index (Phi) is 4.72. The van der Waals surface area contributed by atoms with Crippen molar-refractivity contribution in [3.8, 4) is 5.75 Å². The summed E-state index contributed by atoms with van der Waals surface area (Å²) in [5.41, 5.74) is 1.20. The molecule has 1 saturated heterocycles. The quantitative estimate of drug-likeness (QED) is 0.870. The first kappa shape index (κ1) is 14.4. The second kappa shape index (κ2) is 6.91. The number of rotatable bonds is 4. The number of amides is 1. The van der Waals surface area contributed by atoms with Crippen LogP contribution in [0.15, 0.2) is 24.3 Å². The van der Waals surface area contributed by atoms with E-state index in [1.54, 1.807) is 0 Å². The molecule has 0 radical (unpaired) electrons. The van der Waals surface area contributed by atoms with Gasteiger partial charge in [-0.1, -0.05) is 18.2 Å². The predicted octanol–water partition coefficient (Wildman–Crippen LogP) is 1.05. The minimum absolute atomic E-state index is 0.0852. The summed E-state index contributed by atoms with van der Waals surface area (Å²) in [5, 5.41) is 6.35. The Balaban J connectivity index is 1.50. The Bertz CT molecular complexity index is 486. The number of para-hydroxylation sites is 1. The van der Waals surface area contributed by atoms with E-state index >= 15 is 0 Å². The van der Waals surface area contributed by atoms with Crippen molar-refractivity contribution in [1.82, 2.24) is 10.6 Å². The van der Waals surface area contributed by atoms with Crippen molar-refractivity contribution in [2.75, 3.05) is 32.9 Å². The molecule has 21 heavy (non-hydrogen) atoms. The van der Waals surface area contributed by atoms with E-state index in [2.05, 4.69) is 16.7 Å². The SMILES string of the molecule is O=C(CC1COCCN1)NCC1CCOc2ccccc21. The van der Waals surface area contributed by atoms with Gasteiger partial charge >= 0.3 is 0 Å². The lowest BCUT2D eigenvalue weighted by atomic mass is 9.93. The molecule has 1 aromatic carbocycles. The molecule has 2 unspecified atom stereocenters. The maximum atomic E-state index is 12.0. The molecule has 5 heteroatoms. The maximum absolute atomic E-state index is 12.0. The van der Waals surface area contributed by atoms with Gasteiger partial charge < -0.3 is 20.1 Å². The number of nitrogens with one attached hydrogen (secondary N) is 2. The van der Waals surface area contributed by atoms with E-state index in [4.69, 9.17) is 9.47 Å². The standard InChI is InChI=1S/C16H22N2O3/c19-16(9-13-11-20-8-6-17-13)18-10-12-5-7-21-15-4-2-1-3-14(12)15/h1-4,12-13,17H,5-11H2,(H,18,19). The van der Waals surface area contributed by atoms with Gasteiger partial charge in [-0.05, 0) is 18.1 Å². The van der Waals surface area contributed by atoms with Crippen LogP contribution in [0.3, 0.4) is 0 Å². The van der Waals surface area contributed by atoms with Crippen molar-refractivity contribution in [2.24, 2.45) is 0 Å². The Morgan fingerprint density at radius 2 is 2.24 bits per heavy atom. The summed E-state index contributed by atoms with van der Waals surface area (Å²) in [6, 6.07) is 8.22. The van der Waals surface area contributed by atoms with Crippen LogP contribution in [0.4, 0.5) is 0 Å². The van der Waals surface area contributed by atoms with Crippen LogP contribution in [0.2, 0.25) is 0 Å². The highest BCUT2D eigenvalue weighted by Gasteiger charge is 2.22. The number of hydrogen-bond donors (Lipinski definition) is 2. The zero-order valence-corrected chi connectivity index (χ0v) is 12.1. The summed E-state index contributed by atoms with van der Waals surface area (Å²) >= 11 is 0. The van der Waals surface area contributed by atoms with Gasteiger partial charge in [-0.15, -0.1) is 0 Å². The van der Waals surface area contributed by atoms with Crippen LogP contribution in [0.25, 0.3) is 0 Å². The van der Waals surface area contributed by atoms with Crippen LogP contribution >= 0.6 is 0 Å². The lowest BCUT2D eigenvalue weighted by molar-refractivity contribution is -0.122. The maximum Gasteiger partial charge on any atom is 0.221 e. The molecule has 1 amide bonds. The average molecular weight is 290 g/mol. The van der Waals surface area contributed by atoms with Crippen LogP contribution < -0.4 is 15.4 Å². The van der Waals surface area contributed by atoms with E-state index in [1.807, 2.05) is 18.2 Å². The molecule has 1 fully saturated rings. The van der Waals surface area contributed by atoms with E-state index in [0.717, 1.165) is 31.9 Å². The number of ether oxygens (including phenoxy) is 2. The van der Waals surface area contributed by atoms with Crippen LogP contribution in [-0.4, -0.2) is 44.9 Å². The largest absolute Gasteiger partial charge is 0.493 e. The fraction of sp³-hybridized carbons (Fsp3) is 0.562. The van der Waals surface area contributed by atoms with Gasteiger partial charge in [-0.3, -0.25) is 4.79 Å². The van der Waals surface area contributed by atoms with Gasteiger partial charge in [0.15, 0.2) is 0 Å². The Morgan fingerprint density at radius 1 is 1.33 bits per heavy atom. The van der Waals surface area contributed by atoms with E-state index in [0.29, 0.717) is 25.5 Å². The van der Waals surface area contributed by atoms with Gasteiger partial charge in [-0.25, -0.2) is 0 Å². The monoisotopic (exact) mass is 290 g/mol. The van der Waals surface area contributed by atoms with E-state index in [-0.39, 0.29) is 11.9 Å². The van der Waals surface area contributed by atoms with Crippen molar-refractivity contribution in [3.05, 3.63) is 29.8 Å². The number of carbonyl (C=O) groups excluding carboxylic acids is 1. The molecule has 1 aromatic rings. The van der Waals surface area contributed by atoms with Gasteiger partial charge in [0.05, 0.1) is 19.8 Å². The van der Waals surface area contributed by atoms with Gasteiger partial charge in [0, 0.05) is 31.5 Å². The fourth-order valence-corrected chi connectivity index (χ4v) is 2.91. The molecule has 2 aliphatic rings. The minimum Gasteiger partial charge on any atom is -0.493 e. The van der Waals surface area contributed by atoms with Crippen molar-refractivity contribution in [3.63, 3.8) is 0 Å². The van der Waals surface area contributed by atoms with E-state index in [9.17, 15) is 4.79 Å². The molecule has 2 aliphatic heterocycles. The topological polar surface area (TPSA) is 59.6 Å². The molecule has 0 aromatic heterocycles. The highest BCUT2D eigenvalue weighted by Crippen LogP contribution is 2.32. The number of benzene rings is 1. The number of fused-ring (bicyclic) bond motifs is 1. The molecular formula is C16H22N2O3. The third-order valence-corrected chi connectivity index (χ3v) is 4.06. The van der Waals surface area contributed by atoms with E-state index in [1.165, 1.54) is 5.56 Å². The molecule has 0 bridgehead atoms. The highest BCUT2D eigenvalue weighted by molar-refractivity contribution is 5.76. The second-order valence-electron chi connectivity index (χ2n) is 5.61. The van der Waals surface area contributed by atoms with Gasteiger partial charge in [-0.2, -0.15) is 0 Å². The lowest BCUT2D eigenvalue weighted by Crippen LogP contribution is -2.44. The molecule has 2 N–H and O–H groups in total. The molecule has 0 spiro atoms. The second-order valence-corrected chi connectivity index (χ2v) is 5.61. The molecule has 114 valence electrons. The zero-order valence-electron chi connectivity index (χ0n) is 12.1. The Labute approximate surface area is 125 Å². The molecule has 0 aliphatic carbocycles. The van der Waals surface area contributed by atoms with Crippen molar-refractivity contribution >= 4 is 5.91 Å². The normalized spacial score (nSPS) is 24.8. The van der Waals surface area contributed by atoms with Crippen LogP contribution in [0.1, 0.15) is 24.3 Å². The number of carbonyl (C=O) groups is 1. The van der Waals surface area contributed by atoms with Crippen LogP contribution in [-0.2, 0) is 9.53 Å². The first-order valence-electron chi connectivity index (χ1n) is 7.62. The zero-order chi connectivity index (χ0) is 14.5. The summed E-state index contributed by atoms with van der Waals surface area (Å²) in [4.78, 5) is 12.0. The summed E-state index contributed by atoms with van der Waals surface area (Å²) in [7, 11) is 0. The first-order chi connectivity index (χ1) is 10.3. The average Bonchev–Trinajstić information content (AvgIpc) is 2.54. The fourth-order valence-electron chi connectivity index (χ4n) is 2.91. The van der Waals surface area contributed by atoms with Crippen molar-refractivity contribution in [1.29, 1.82) is 0 Å². The van der Waals surface area contributed by atoms with Crippen molar-refractivity contribution < 1.29 is 14.3 Å². The summed E-state index contributed by atoms with van der Waals surface area (Å²) in [6.07, 6.45) is 1.42. The number of hydrogen-bond acceptors (Lipinski definition) is 4. The molecule has 0 saturated carbocycles. The smallest absolute Gasteiger partial charge is 0.221 e. The Hall–Kier alpha value is -1.59. The molecule has 5 nitrogen and oxygen atoms in total. The first-order valence-corrected chi connectivity index (χ1v) is 7.62. The minimum atomic E-state index is 0.0852. The lowest BCUT2D eigenvalue weighted by Gasteiger charge is -2.27. The molecule has 2 heterocycles. The third-order valence-electron chi connectivity index (χ3n) is 4.06. The van der Waals surface area contributed by atoms with Crippen LogP contribution in [0.5, 0.6) is 5.75 Å². The van der Waals surface area contributed by atoms with Gasteiger partial charge in [0.2, 0.25) is 5.91 Å².